The lowest BCUT2D eigenvalue weighted by Gasteiger charge is -2.22. The molecule has 20 heavy (non-hydrogen) atoms. The fraction of sp³-hybridized carbons (Fsp3) is 0.389. The summed E-state index contributed by atoms with van der Waals surface area (Å²) in [4.78, 5) is 12.5. The van der Waals surface area contributed by atoms with E-state index in [-0.39, 0.29) is 17.6 Å². The van der Waals surface area contributed by atoms with Crippen molar-refractivity contribution >= 4 is 11.4 Å². The molecule has 3 rings (SSSR count). The molecule has 0 spiro atoms. The van der Waals surface area contributed by atoms with Crippen molar-refractivity contribution in [3.8, 4) is 11.8 Å². The van der Waals surface area contributed by atoms with Crippen molar-refractivity contribution in [1.82, 2.24) is 0 Å². The van der Waals surface area contributed by atoms with Crippen LogP contribution in [0.2, 0.25) is 0 Å². The summed E-state index contributed by atoms with van der Waals surface area (Å²) in [7, 11) is 0. The van der Waals surface area contributed by atoms with E-state index in [4.69, 9.17) is 0 Å². The molecule has 1 fully saturated rings. The maximum absolute atomic E-state index is 12.5. The van der Waals surface area contributed by atoms with Crippen LogP contribution < -0.4 is 0 Å². The predicted octanol–water partition coefficient (Wildman–Crippen LogP) is 3.63. The van der Waals surface area contributed by atoms with Gasteiger partial charge in [0.05, 0.1) is 5.57 Å². The summed E-state index contributed by atoms with van der Waals surface area (Å²) in [5, 5.41) is 10.4. The molecule has 1 saturated carbocycles. The zero-order valence-electron chi connectivity index (χ0n) is 11.9. The molecular weight excluding hydrogens is 248 g/mol. The molecule has 2 aliphatic carbocycles. The summed E-state index contributed by atoms with van der Waals surface area (Å²) in [6.45, 7) is 3.78. The standard InChI is InChI=1S/C18H18O2/c1-3-4-12-5-8-15(11(2)9-12)16-17(19)13-6-7-14(10-13)18(16)20/h5,8-9,13-14,19H,6-7,10H2,1-2H3. The van der Waals surface area contributed by atoms with Gasteiger partial charge in [0, 0.05) is 17.4 Å². The summed E-state index contributed by atoms with van der Waals surface area (Å²) in [5.74, 6) is 6.61. The van der Waals surface area contributed by atoms with E-state index in [1.807, 2.05) is 25.1 Å². The second kappa shape index (κ2) is 4.83. The van der Waals surface area contributed by atoms with E-state index in [2.05, 4.69) is 11.8 Å². The number of carbonyl (C=O) groups is 1. The van der Waals surface area contributed by atoms with E-state index < -0.39 is 0 Å². The number of carbonyl (C=O) groups excluding carboxylic acids is 1. The molecule has 102 valence electrons. The van der Waals surface area contributed by atoms with Crippen molar-refractivity contribution in [2.24, 2.45) is 11.8 Å². The third kappa shape index (κ3) is 1.94. The van der Waals surface area contributed by atoms with Gasteiger partial charge in [-0.15, -0.1) is 5.92 Å². The first kappa shape index (κ1) is 13.0. The highest BCUT2D eigenvalue weighted by atomic mass is 16.3. The van der Waals surface area contributed by atoms with Gasteiger partial charge in [0.1, 0.15) is 5.76 Å². The number of aryl methyl sites for hydroxylation is 1. The fourth-order valence-corrected chi connectivity index (χ4v) is 3.44. The van der Waals surface area contributed by atoms with E-state index in [0.717, 1.165) is 36.0 Å². The molecule has 2 nitrogen and oxygen atoms in total. The van der Waals surface area contributed by atoms with Crippen molar-refractivity contribution in [1.29, 1.82) is 0 Å². The maximum Gasteiger partial charge on any atom is 0.169 e. The lowest BCUT2D eigenvalue weighted by Crippen LogP contribution is -2.21. The van der Waals surface area contributed by atoms with Crippen LogP contribution >= 0.6 is 0 Å². The average molecular weight is 266 g/mol. The topological polar surface area (TPSA) is 37.3 Å². The quantitative estimate of drug-likeness (QED) is 0.788. The van der Waals surface area contributed by atoms with Crippen LogP contribution in [0.3, 0.4) is 0 Å². The van der Waals surface area contributed by atoms with Crippen molar-refractivity contribution in [2.75, 3.05) is 0 Å². The van der Waals surface area contributed by atoms with Gasteiger partial charge in [0.25, 0.3) is 0 Å². The molecule has 2 bridgehead atoms. The molecule has 2 unspecified atom stereocenters. The second-order valence-corrected chi connectivity index (χ2v) is 5.74. The highest BCUT2D eigenvalue weighted by Gasteiger charge is 2.41. The van der Waals surface area contributed by atoms with E-state index in [1.165, 1.54) is 0 Å². The molecular formula is C18H18O2. The maximum atomic E-state index is 12.5. The molecule has 0 saturated heterocycles. The van der Waals surface area contributed by atoms with E-state index >= 15 is 0 Å². The Hall–Kier alpha value is -2.01. The molecule has 0 heterocycles. The van der Waals surface area contributed by atoms with Crippen molar-refractivity contribution in [2.45, 2.75) is 33.1 Å². The molecule has 1 aromatic carbocycles. The van der Waals surface area contributed by atoms with Crippen molar-refractivity contribution < 1.29 is 9.90 Å². The number of hydrogen-bond donors (Lipinski definition) is 1. The van der Waals surface area contributed by atoms with Crippen molar-refractivity contribution in [3.63, 3.8) is 0 Å². The van der Waals surface area contributed by atoms with Gasteiger partial charge in [-0.1, -0.05) is 12.0 Å². The van der Waals surface area contributed by atoms with Gasteiger partial charge in [-0.2, -0.15) is 0 Å². The summed E-state index contributed by atoms with van der Waals surface area (Å²) in [6.07, 6.45) is 2.67. The SMILES string of the molecule is CC#Cc1ccc(C2=C(O)C3CCC(C3)C2=O)c(C)c1. The Bertz CT molecular complexity index is 670. The van der Waals surface area contributed by atoms with E-state index in [0.29, 0.717) is 11.3 Å². The summed E-state index contributed by atoms with van der Waals surface area (Å²) >= 11 is 0. The monoisotopic (exact) mass is 266 g/mol. The zero-order chi connectivity index (χ0) is 14.3. The lowest BCUT2D eigenvalue weighted by atomic mass is 9.82. The third-order valence-corrected chi connectivity index (χ3v) is 4.46. The van der Waals surface area contributed by atoms with Crippen LogP contribution in [-0.2, 0) is 4.79 Å². The Kier molecular flexibility index (Phi) is 3.14. The van der Waals surface area contributed by atoms with Crippen LogP contribution in [0.4, 0.5) is 0 Å². The summed E-state index contributed by atoms with van der Waals surface area (Å²) in [6, 6.07) is 5.82. The Morgan fingerprint density at radius 1 is 1.25 bits per heavy atom. The zero-order valence-corrected chi connectivity index (χ0v) is 11.9. The second-order valence-electron chi connectivity index (χ2n) is 5.74. The molecule has 0 aromatic heterocycles. The third-order valence-electron chi connectivity index (χ3n) is 4.46. The number of aliphatic hydroxyl groups excluding tert-OH is 1. The molecule has 0 amide bonds. The number of ketones is 1. The first-order chi connectivity index (χ1) is 9.61. The largest absolute Gasteiger partial charge is 0.511 e. The Balaban J connectivity index is 2.10. The van der Waals surface area contributed by atoms with Crippen LogP contribution in [-0.4, -0.2) is 10.9 Å². The molecule has 2 atom stereocenters. The number of aliphatic hydroxyl groups is 1. The Labute approximate surface area is 119 Å². The predicted molar refractivity (Wildman–Crippen MR) is 79.1 cm³/mol. The van der Waals surface area contributed by atoms with Crippen LogP contribution in [0.25, 0.3) is 5.57 Å². The van der Waals surface area contributed by atoms with Gasteiger partial charge in [0.15, 0.2) is 5.78 Å². The van der Waals surface area contributed by atoms with Gasteiger partial charge in [-0.3, -0.25) is 4.79 Å². The average Bonchev–Trinajstić information content (AvgIpc) is 2.86. The van der Waals surface area contributed by atoms with E-state index in [1.54, 1.807) is 6.92 Å². The van der Waals surface area contributed by atoms with E-state index in [9.17, 15) is 9.90 Å². The van der Waals surface area contributed by atoms with Gasteiger partial charge >= 0.3 is 0 Å². The Morgan fingerprint density at radius 2 is 2.00 bits per heavy atom. The number of benzene rings is 1. The smallest absolute Gasteiger partial charge is 0.169 e. The molecule has 0 radical (unpaired) electrons. The molecule has 1 aromatic rings. The minimum atomic E-state index is 0.111. The number of allylic oxidation sites excluding steroid dienone is 2. The van der Waals surface area contributed by atoms with Crippen LogP contribution in [0.1, 0.15) is 42.9 Å². The lowest BCUT2D eigenvalue weighted by molar-refractivity contribution is -0.117. The number of rotatable bonds is 1. The molecule has 1 N–H and O–H groups in total. The number of hydrogen-bond acceptors (Lipinski definition) is 2. The fourth-order valence-electron chi connectivity index (χ4n) is 3.44. The first-order valence-electron chi connectivity index (χ1n) is 7.13. The molecule has 2 aliphatic rings. The molecule has 0 aliphatic heterocycles. The van der Waals surface area contributed by atoms with Gasteiger partial charge < -0.3 is 5.11 Å². The summed E-state index contributed by atoms with van der Waals surface area (Å²) < 4.78 is 0. The minimum absolute atomic E-state index is 0.111. The number of Topliss-reactive ketones (excluding diaryl/α,β-unsaturated/α-hetero) is 1. The highest BCUT2D eigenvalue weighted by molar-refractivity contribution is 6.23. The van der Waals surface area contributed by atoms with Gasteiger partial charge in [-0.05, 0) is 56.4 Å². The molecule has 2 heteroatoms. The Morgan fingerprint density at radius 3 is 2.70 bits per heavy atom. The highest BCUT2D eigenvalue weighted by Crippen LogP contribution is 2.45. The number of fused-ring (bicyclic) bond motifs is 2. The van der Waals surface area contributed by atoms with Crippen molar-refractivity contribution in [3.05, 3.63) is 40.6 Å². The summed E-state index contributed by atoms with van der Waals surface area (Å²) in [5.41, 5.74) is 3.37. The minimum Gasteiger partial charge on any atom is -0.511 e. The first-order valence-corrected chi connectivity index (χ1v) is 7.13. The van der Waals surface area contributed by atoms with Gasteiger partial charge in [0.2, 0.25) is 0 Å². The van der Waals surface area contributed by atoms with Crippen LogP contribution in [0.5, 0.6) is 0 Å². The van der Waals surface area contributed by atoms with Crippen LogP contribution in [0, 0.1) is 30.6 Å². The normalized spacial score (nSPS) is 24.6. The van der Waals surface area contributed by atoms with Crippen LogP contribution in [0.15, 0.2) is 24.0 Å². The van der Waals surface area contributed by atoms with Gasteiger partial charge in [-0.25, -0.2) is 0 Å².